The molecule has 0 spiro atoms. The van der Waals surface area contributed by atoms with Gasteiger partial charge in [0, 0.05) is 5.46 Å². The third kappa shape index (κ3) is 2.45. The van der Waals surface area contributed by atoms with Crippen LogP contribution in [0.1, 0.15) is 5.56 Å². The molecule has 88 valence electrons. The largest absolute Gasteiger partial charge is 0.494 e. The molecule has 0 radical (unpaired) electrons. The van der Waals surface area contributed by atoms with E-state index >= 15 is 0 Å². The number of hydrogen-bond donors (Lipinski definition) is 2. The Morgan fingerprint density at radius 2 is 1.81 bits per heavy atom. The summed E-state index contributed by atoms with van der Waals surface area (Å²) in [5, 5.41) is 17.4. The Labute approximate surface area is 88.4 Å². The predicted molar refractivity (Wildman–Crippen MR) is 47.8 cm³/mol. The Morgan fingerprint density at radius 3 is 2.19 bits per heavy atom. The van der Waals surface area contributed by atoms with E-state index in [-0.39, 0.29) is 0 Å². The van der Waals surface area contributed by atoms with E-state index in [1.807, 2.05) is 0 Å². The van der Waals surface area contributed by atoms with Gasteiger partial charge in [0.15, 0.2) is 11.6 Å². The Morgan fingerprint density at radius 1 is 1.25 bits per heavy atom. The SMILES string of the molecule is COc1cc(C(F)(F)F)cc(B(O)O)c1F. The normalized spacial score (nSPS) is 11.4. The minimum atomic E-state index is -4.72. The molecule has 0 heterocycles. The number of rotatable bonds is 2. The zero-order valence-corrected chi connectivity index (χ0v) is 8.05. The van der Waals surface area contributed by atoms with Gasteiger partial charge in [0.05, 0.1) is 12.7 Å². The van der Waals surface area contributed by atoms with E-state index in [1.54, 1.807) is 0 Å². The molecule has 1 aromatic carbocycles. The van der Waals surface area contributed by atoms with Gasteiger partial charge >= 0.3 is 13.3 Å². The molecule has 0 saturated carbocycles. The molecular formula is C8H7BF4O3. The van der Waals surface area contributed by atoms with Crippen LogP contribution < -0.4 is 10.2 Å². The summed E-state index contributed by atoms with van der Waals surface area (Å²) in [4.78, 5) is 0. The first-order chi connectivity index (χ1) is 7.27. The van der Waals surface area contributed by atoms with Crippen LogP contribution in [0.3, 0.4) is 0 Å². The van der Waals surface area contributed by atoms with Crippen molar-refractivity contribution >= 4 is 12.6 Å². The van der Waals surface area contributed by atoms with E-state index in [4.69, 9.17) is 10.0 Å². The molecule has 8 heteroatoms. The molecule has 0 aliphatic rings. The average molecular weight is 238 g/mol. The van der Waals surface area contributed by atoms with Gasteiger partial charge in [-0.3, -0.25) is 0 Å². The molecule has 0 amide bonds. The Kier molecular flexibility index (Phi) is 3.44. The first-order valence-electron chi connectivity index (χ1n) is 4.08. The molecule has 2 N–H and O–H groups in total. The zero-order chi connectivity index (χ0) is 12.5. The highest BCUT2D eigenvalue weighted by molar-refractivity contribution is 6.58. The fourth-order valence-corrected chi connectivity index (χ4v) is 1.12. The predicted octanol–water partition coefficient (Wildman–Crippen LogP) is 0.533. The highest BCUT2D eigenvalue weighted by Gasteiger charge is 2.34. The van der Waals surface area contributed by atoms with E-state index in [0.29, 0.717) is 12.1 Å². The van der Waals surface area contributed by atoms with Gasteiger partial charge in [-0.05, 0) is 12.1 Å². The van der Waals surface area contributed by atoms with Crippen molar-refractivity contribution in [3.63, 3.8) is 0 Å². The summed E-state index contributed by atoms with van der Waals surface area (Å²) in [6.07, 6.45) is -4.72. The lowest BCUT2D eigenvalue weighted by Gasteiger charge is -2.12. The van der Waals surface area contributed by atoms with Crippen molar-refractivity contribution in [2.75, 3.05) is 7.11 Å². The monoisotopic (exact) mass is 238 g/mol. The molecular weight excluding hydrogens is 231 g/mol. The van der Waals surface area contributed by atoms with Crippen molar-refractivity contribution in [2.45, 2.75) is 6.18 Å². The molecule has 0 bridgehead atoms. The third-order valence-electron chi connectivity index (χ3n) is 1.89. The number of ether oxygens (including phenoxy) is 1. The second-order valence-electron chi connectivity index (χ2n) is 2.95. The van der Waals surface area contributed by atoms with Crippen molar-refractivity contribution in [3.05, 3.63) is 23.5 Å². The minimum absolute atomic E-state index is 0.322. The van der Waals surface area contributed by atoms with Crippen LogP contribution in [0.2, 0.25) is 0 Å². The van der Waals surface area contributed by atoms with Gasteiger partial charge in [-0.2, -0.15) is 13.2 Å². The maximum absolute atomic E-state index is 13.3. The first-order valence-corrected chi connectivity index (χ1v) is 4.08. The fraction of sp³-hybridized carbons (Fsp3) is 0.250. The molecule has 1 aromatic rings. The van der Waals surface area contributed by atoms with Gasteiger partial charge < -0.3 is 14.8 Å². The maximum Gasteiger partial charge on any atom is 0.491 e. The van der Waals surface area contributed by atoms with Crippen molar-refractivity contribution in [1.29, 1.82) is 0 Å². The Hall–Kier alpha value is -1.28. The molecule has 3 nitrogen and oxygen atoms in total. The van der Waals surface area contributed by atoms with Crippen molar-refractivity contribution in [1.82, 2.24) is 0 Å². The van der Waals surface area contributed by atoms with E-state index in [9.17, 15) is 17.6 Å². The van der Waals surface area contributed by atoms with E-state index < -0.39 is 35.9 Å². The zero-order valence-electron chi connectivity index (χ0n) is 8.05. The topological polar surface area (TPSA) is 49.7 Å². The van der Waals surface area contributed by atoms with E-state index in [2.05, 4.69) is 4.74 Å². The molecule has 0 saturated heterocycles. The summed E-state index contributed by atoms with van der Waals surface area (Å²) in [7, 11) is -1.36. The average Bonchev–Trinajstić information content (AvgIpc) is 2.15. The standard InChI is InChI=1S/C8H7BF4O3/c1-16-6-3-4(8(11,12)13)2-5(7(6)10)9(14)15/h2-3,14-15H,1H3. The molecule has 16 heavy (non-hydrogen) atoms. The van der Waals surface area contributed by atoms with Crippen LogP contribution in [0, 0.1) is 5.82 Å². The van der Waals surface area contributed by atoms with Gasteiger partial charge in [-0.25, -0.2) is 4.39 Å². The molecule has 0 atom stereocenters. The lowest BCUT2D eigenvalue weighted by molar-refractivity contribution is -0.137. The first kappa shape index (κ1) is 12.8. The van der Waals surface area contributed by atoms with Crippen LogP contribution >= 0.6 is 0 Å². The second kappa shape index (κ2) is 4.30. The summed E-state index contributed by atoms with van der Waals surface area (Å²) in [6, 6.07) is 0.768. The molecule has 0 aliphatic heterocycles. The van der Waals surface area contributed by atoms with Crippen LogP contribution in [-0.2, 0) is 6.18 Å². The second-order valence-corrected chi connectivity index (χ2v) is 2.95. The smallest absolute Gasteiger partial charge is 0.491 e. The highest BCUT2D eigenvalue weighted by atomic mass is 19.4. The van der Waals surface area contributed by atoms with Gasteiger partial charge in [0.25, 0.3) is 0 Å². The summed E-state index contributed by atoms with van der Waals surface area (Å²) in [6.45, 7) is 0. The van der Waals surface area contributed by atoms with Crippen LogP contribution in [0.4, 0.5) is 17.6 Å². The van der Waals surface area contributed by atoms with E-state index in [0.717, 1.165) is 7.11 Å². The van der Waals surface area contributed by atoms with Gasteiger partial charge in [0.1, 0.15) is 0 Å². The number of hydrogen-bond acceptors (Lipinski definition) is 3. The summed E-state index contributed by atoms with van der Waals surface area (Å²) in [5.41, 5.74) is -2.10. The Balaban J connectivity index is 3.40. The molecule has 0 fully saturated rings. The Bertz CT molecular complexity index is 392. The van der Waals surface area contributed by atoms with Crippen molar-refractivity contribution in [3.8, 4) is 5.75 Å². The minimum Gasteiger partial charge on any atom is -0.494 e. The lowest BCUT2D eigenvalue weighted by Crippen LogP contribution is -2.34. The van der Waals surface area contributed by atoms with Crippen LogP contribution in [-0.4, -0.2) is 24.3 Å². The number of methoxy groups -OCH3 is 1. The fourth-order valence-electron chi connectivity index (χ4n) is 1.12. The molecule has 0 aromatic heterocycles. The summed E-state index contributed by atoms with van der Waals surface area (Å²) < 4.78 is 54.7. The van der Waals surface area contributed by atoms with Crippen molar-refractivity contribution < 1.29 is 32.3 Å². The quantitative estimate of drug-likeness (QED) is 0.583. The van der Waals surface area contributed by atoms with Crippen molar-refractivity contribution in [2.24, 2.45) is 0 Å². The summed E-state index contributed by atoms with van der Waals surface area (Å²) in [5.74, 6) is -1.93. The molecule has 0 aliphatic carbocycles. The molecule has 0 unspecified atom stereocenters. The van der Waals surface area contributed by atoms with Crippen LogP contribution in [0.15, 0.2) is 12.1 Å². The summed E-state index contributed by atoms with van der Waals surface area (Å²) >= 11 is 0. The van der Waals surface area contributed by atoms with E-state index in [1.165, 1.54) is 0 Å². The van der Waals surface area contributed by atoms with Crippen LogP contribution in [0.25, 0.3) is 0 Å². The number of halogens is 4. The highest BCUT2D eigenvalue weighted by Crippen LogP contribution is 2.31. The lowest BCUT2D eigenvalue weighted by atomic mass is 9.79. The van der Waals surface area contributed by atoms with Crippen LogP contribution in [0.5, 0.6) is 5.75 Å². The van der Waals surface area contributed by atoms with Gasteiger partial charge in [0.2, 0.25) is 0 Å². The number of benzene rings is 1. The molecule has 1 rings (SSSR count). The maximum atomic E-state index is 13.3. The number of alkyl halides is 3. The van der Waals surface area contributed by atoms with Gasteiger partial charge in [-0.15, -0.1) is 0 Å². The third-order valence-corrected chi connectivity index (χ3v) is 1.89. The van der Waals surface area contributed by atoms with Gasteiger partial charge in [-0.1, -0.05) is 0 Å².